The number of nitrogens with one attached hydrogen (secondary N) is 2. The van der Waals surface area contributed by atoms with Crippen molar-refractivity contribution in [3.05, 3.63) is 69.3 Å². The molecule has 2 amide bonds. The second-order valence-electron chi connectivity index (χ2n) is 5.54. The molecule has 0 unspecified atom stereocenters. The number of carbonyl (C=O) groups is 3. The van der Waals surface area contributed by atoms with E-state index in [1.165, 1.54) is 25.2 Å². The van der Waals surface area contributed by atoms with E-state index in [0.717, 1.165) is 6.07 Å². The van der Waals surface area contributed by atoms with E-state index in [1.807, 2.05) is 0 Å². The van der Waals surface area contributed by atoms with Crippen LogP contribution in [0.3, 0.4) is 0 Å². The summed E-state index contributed by atoms with van der Waals surface area (Å²) in [4.78, 5) is 45.8. The predicted molar refractivity (Wildman–Crippen MR) is 96.6 cm³/mol. The molecule has 140 valence electrons. The molecule has 0 aliphatic rings. The highest BCUT2D eigenvalue weighted by molar-refractivity contribution is 5.98. The number of hydrogen-bond donors (Lipinski definition) is 2. The van der Waals surface area contributed by atoms with Gasteiger partial charge in [-0.25, -0.2) is 4.79 Å². The number of nitro groups is 1. The van der Waals surface area contributed by atoms with Crippen molar-refractivity contribution < 1.29 is 24.0 Å². The zero-order chi connectivity index (χ0) is 20.0. The first-order valence-corrected chi connectivity index (χ1v) is 7.86. The summed E-state index contributed by atoms with van der Waals surface area (Å²) in [5.74, 6) is -1.77. The average molecular weight is 371 g/mol. The van der Waals surface area contributed by atoms with E-state index >= 15 is 0 Å². The first kappa shape index (κ1) is 19.6. The van der Waals surface area contributed by atoms with E-state index in [4.69, 9.17) is 4.74 Å². The number of rotatable bonds is 6. The molecule has 0 aliphatic heterocycles. The number of nitro benzene ring substituents is 1. The molecule has 0 atom stereocenters. The Morgan fingerprint density at radius 1 is 1.11 bits per heavy atom. The van der Waals surface area contributed by atoms with Crippen molar-refractivity contribution in [2.24, 2.45) is 0 Å². The zero-order valence-electron chi connectivity index (χ0n) is 14.6. The summed E-state index contributed by atoms with van der Waals surface area (Å²) in [6, 6.07) is 10.1. The van der Waals surface area contributed by atoms with E-state index in [1.54, 1.807) is 25.1 Å². The van der Waals surface area contributed by atoms with Gasteiger partial charge in [-0.1, -0.05) is 12.1 Å². The molecule has 9 nitrogen and oxygen atoms in total. The Balaban J connectivity index is 1.98. The SMILES string of the molecule is CNC(=O)c1cccc(NC(=O)COC(=O)c2ccc(C)c([N+](=O)[O-])c2)c1. The third kappa shape index (κ3) is 5.11. The van der Waals surface area contributed by atoms with Crippen LogP contribution < -0.4 is 10.6 Å². The van der Waals surface area contributed by atoms with Gasteiger partial charge >= 0.3 is 5.97 Å². The third-order valence-electron chi connectivity index (χ3n) is 3.61. The van der Waals surface area contributed by atoms with E-state index in [-0.39, 0.29) is 17.2 Å². The number of ether oxygens (including phenoxy) is 1. The molecule has 0 saturated heterocycles. The molecule has 2 N–H and O–H groups in total. The largest absolute Gasteiger partial charge is 0.452 e. The lowest BCUT2D eigenvalue weighted by Gasteiger charge is -2.08. The minimum Gasteiger partial charge on any atom is -0.452 e. The topological polar surface area (TPSA) is 128 Å². The number of anilines is 1. The first-order chi connectivity index (χ1) is 12.8. The summed E-state index contributed by atoms with van der Waals surface area (Å²) in [6.45, 7) is 0.971. The van der Waals surface area contributed by atoms with E-state index in [0.29, 0.717) is 16.8 Å². The van der Waals surface area contributed by atoms with Crippen LogP contribution in [0.1, 0.15) is 26.3 Å². The second kappa shape index (κ2) is 8.56. The lowest BCUT2D eigenvalue weighted by Crippen LogP contribution is -2.22. The molecular weight excluding hydrogens is 354 g/mol. The molecule has 0 spiro atoms. The van der Waals surface area contributed by atoms with Gasteiger partial charge in [0.1, 0.15) is 0 Å². The molecule has 2 rings (SSSR count). The van der Waals surface area contributed by atoms with Gasteiger partial charge in [-0.3, -0.25) is 19.7 Å². The fourth-order valence-electron chi connectivity index (χ4n) is 2.23. The second-order valence-corrected chi connectivity index (χ2v) is 5.54. The van der Waals surface area contributed by atoms with Crippen LogP contribution in [-0.2, 0) is 9.53 Å². The number of amides is 2. The number of hydrogen-bond acceptors (Lipinski definition) is 6. The zero-order valence-corrected chi connectivity index (χ0v) is 14.6. The van der Waals surface area contributed by atoms with Crippen molar-refractivity contribution in [1.82, 2.24) is 5.32 Å². The average Bonchev–Trinajstić information content (AvgIpc) is 2.65. The van der Waals surface area contributed by atoms with Crippen LogP contribution in [0.15, 0.2) is 42.5 Å². The molecule has 0 bridgehead atoms. The summed E-state index contributed by atoms with van der Waals surface area (Å²) in [5.41, 5.74) is 0.898. The van der Waals surface area contributed by atoms with Crippen LogP contribution in [-0.4, -0.2) is 36.4 Å². The molecule has 27 heavy (non-hydrogen) atoms. The van der Waals surface area contributed by atoms with Gasteiger partial charge in [0.25, 0.3) is 17.5 Å². The van der Waals surface area contributed by atoms with Gasteiger partial charge in [0, 0.05) is 29.9 Å². The third-order valence-corrected chi connectivity index (χ3v) is 3.61. The summed E-state index contributed by atoms with van der Waals surface area (Å²) in [6.07, 6.45) is 0. The first-order valence-electron chi connectivity index (χ1n) is 7.86. The van der Waals surface area contributed by atoms with Crippen LogP contribution in [0, 0.1) is 17.0 Å². The highest BCUT2D eigenvalue weighted by Crippen LogP contribution is 2.19. The minimum absolute atomic E-state index is 0.0262. The van der Waals surface area contributed by atoms with Gasteiger partial charge in [0.15, 0.2) is 6.61 Å². The molecular formula is C18H17N3O6. The normalized spacial score (nSPS) is 10.0. The standard InChI is InChI=1S/C18H17N3O6/c1-11-6-7-13(9-15(11)21(25)26)18(24)27-10-16(22)20-14-5-3-4-12(8-14)17(23)19-2/h3-9H,10H2,1-2H3,(H,19,23)(H,20,22). The number of esters is 1. The van der Waals surface area contributed by atoms with E-state index in [2.05, 4.69) is 10.6 Å². The van der Waals surface area contributed by atoms with Gasteiger partial charge in [0.05, 0.1) is 10.5 Å². The molecule has 0 radical (unpaired) electrons. The van der Waals surface area contributed by atoms with E-state index in [9.17, 15) is 24.5 Å². The van der Waals surface area contributed by atoms with Crippen molar-refractivity contribution >= 4 is 29.2 Å². The van der Waals surface area contributed by atoms with E-state index < -0.39 is 23.4 Å². The molecule has 9 heteroatoms. The van der Waals surface area contributed by atoms with Crippen LogP contribution in [0.4, 0.5) is 11.4 Å². The van der Waals surface area contributed by atoms with Crippen molar-refractivity contribution in [2.45, 2.75) is 6.92 Å². The van der Waals surface area contributed by atoms with Crippen molar-refractivity contribution in [3.8, 4) is 0 Å². The van der Waals surface area contributed by atoms with Gasteiger partial charge in [-0.15, -0.1) is 0 Å². The minimum atomic E-state index is -0.854. The molecule has 2 aromatic rings. The van der Waals surface area contributed by atoms with Gasteiger partial charge < -0.3 is 15.4 Å². The predicted octanol–water partition coefficient (Wildman–Crippen LogP) is 2.06. The monoisotopic (exact) mass is 371 g/mol. The molecule has 2 aromatic carbocycles. The maximum atomic E-state index is 12.0. The smallest absolute Gasteiger partial charge is 0.338 e. The van der Waals surface area contributed by atoms with Gasteiger partial charge in [0.2, 0.25) is 0 Å². The Bertz CT molecular complexity index is 910. The van der Waals surface area contributed by atoms with Crippen LogP contribution in [0.2, 0.25) is 0 Å². The summed E-state index contributed by atoms with van der Waals surface area (Å²) >= 11 is 0. The van der Waals surface area contributed by atoms with Crippen LogP contribution in [0.25, 0.3) is 0 Å². The number of nitrogens with zero attached hydrogens (tertiary/aromatic N) is 1. The van der Waals surface area contributed by atoms with Crippen molar-refractivity contribution in [3.63, 3.8) is 0 Å². The Hall–Kier alpha value is -3.75. The van der Waals surface area contributed by atoms with Gasteiger partial charge in [-0.05, 0) is 31.2 Å². The highest BCUT2D eigenvalue weighted by atomic mass is 16.6. The molecule has 0 aliphatic carbocycles. The summed E-state index contributed by atoms with van der Waals surface area (Å²) < 4.78 is 4.88. The molecule has 0 fully saturated rings. The molecule has 0 aromatic heterocycles. The van der Waals surface area contributed by atoms with Crippen LogP contribution >= 0.6 is 0 Å². The van der Waals surface area contributed by atoms with Crippen molar-refractivity contribution in [2.75, 3.05) is 19.0 Å². The Morgan fingerprint density at radius 2 is 1.85 bits per heavy atom. The molecule has 0 heterocycles. The number of aryl methyl sites for hydroxylation is 1. The highest BCUT2D eigenvalue weighted by Gasteiger charge is 2.17. The Labute approximate surface area is 154 Å². The molecule has 0 saturated carbocycles. The quantitative estimate of drug-likeness (QED) is 0.454. The maximum Gasteiger partial charge on any atom is 0.338 e. The fraction of sp³-hybridized carbons (Fsp3) is 0.167. The number of carbonyl (C=O) groups excluding carboxylic acids is 3. The lowest BCUT2D eigenvalue weighted by atomic mass is 10.1. The number of benzene rings is 2. The Morgan fingerprint density at radius 3 is 2.52 bits per heavy atom. The van der Waals surface area contributed by atoms with Crippen molar-refractivity contribution in [1.29, 1.82) is 0 Å². The lowest BCUT2D eigenvalue weighted by molar-refractivity contribution is -0.385. The van der Waals surface area contributed by atoms with Crippen LogP contribution in [0.5, 0.6) is 0 Å². The Kier molecular flexibility index (Phi) is 6.21. The summed E-state index contributed by atoms with van der Waals surface area (Å²) in [7, 11) is 1.49. The fourth-order valence-corrected chi connectivity index (χ4v) is 2.23. The summed E-state index contributed by atoms with van der Waals surface area (Å²) in [5, 5.41) is 15.9. The van der Waals surface area contributed by atoms with Gasteiger partial charge in [-0.2, -0.15) is 0 Å². The maximum absolute atomic E-state index is 12.0.